The molecule has 1 heterocycles. The van der Waals surface area contributed by atoms with Crippen LogP contribution >= 0.6 is 0 Å². The zero-order valence-corrected chi connectivity index (χ0v) is 8.95. The van der Waals surface area contributed by atoms with Crippen molar-refractivity contribution in [3.63, 3.8) is 0 Å². The maximum Gasteiger partial charge on any atom is 0.233 e. The van der Waals surface area contributed by atoms with Gasteiger partial charge in [-0.1, -0.05) is 13.8 Å². The Hall–Kier alpha value is -1.12. The molecule has 2 rings (SSSR count). The van der Waals surface area contributed by atoms with Gasteiger partial charge < -0.3 is 4.74 Å². The van der Waals surface area contributed by atoms with E-state index in [1.165, 1.54) is 18.4 Å². The highest BCUT2D eigenvalue weighted by Crippen LogP contribution is 2.43. The van der Waals surface area contributed by atoms with Crippen LogP contribution < -0.4 is 4.74 Å². The molecule has 1 saturated carbocycles. The molecular weight excluding hydrogens is 176 g/mol. The van der Waals surface area contributed by atoms with Gasteiger partial charge in [0, 0.05) is 6.07 Å². The molecule has 14 heavy (non-hydrogen) atoms. The van der Waals surface area contributed by atoms with Crippen LogP contribution in [0, 0.1) is 0 Å². The van der Waals surface area contributed by atoms with Crippen LogP contribution in [0.3, 0.4) is 0 Å². The minimum atomic E-state index is 0.448. The van der Waals surface area contributed by atoms with E-state index in [0.29, 0.717) is 17.7 Å². The van der Waals surface area contributed by atoms with E-state index in [9.17, 15) is 0 Å². The normalized spacial score (nSPS) is 16.0. The maximum absolute atomic E-state index is 5.09. The lowest BCUT2D eigenvalue weighted by Crippen LogP contribution is -2.02. The lowest BCUT2D eigenvalue weighted by molar-refractivity contribution is 0.389. The Balaban J connectivity index is 2.38. The average Bonchev–Trinajstić information content (AvgIpc) is 3.00. The third-order valence-corrected chi connectivity index (χ3v) is 2.60. The van der Waals surface area contributed by atoms with Gasteiger partial charge in [0.2, 0.25) is 5.88 Å². The van der Waals surface area contributed by atoms with Crippen LogP contribution in [0.4, 0.5) is 0 Å². The van der Waals surface area contributed by atoms with Crippen molar-refractivity contribution in [1.82, 2.24) is 10.2 Å². The van der Waals surface area contributed by atoms with Gasteiger partial charge in [-0.2, -0.15) is 5.10 Å². The summed E-state index contributed by atoms with van der Waals surface area (Å²) in [6, 6.07) is 2.04. The Bertz CT molecular complexity index is 332. The smallest absolute Gasteiger partial charge is 0.233 e. The van der Waals surface area contributed by atoms with Gasteiger partial charge in [0.25, 0.3) is 0 Å². The minimum absolute atomic E-state index is 0.448. The molecule has 3 heteroatoms. The molecule has 1 aliphatic carbocycles. The third kappa shape index (κ3) is 1.72. The van der Waals surface area contributed by atoms with Gasteiger partial charge in [-0.15, -0.1) is 5.10 Å². The topological polar surface area (TPSA) is 35.0 Å². The first-order chi connectivity index (χ1) is 6.72. The fourth-order valence-electron chi connectivity index (χ4n) is 1.67. The second-order valence-corrected chi connectivity index (χ2v) is 4.16. The fourth-order valence-corrected chi connectivity index (χ4v) is 1.67. The number of methoxy groups -OCH3 is 1. The van der Waals surface area contributed by atoms with Crippen molar-refractivity contribution in [2.45, 2.75) is 38.5 Å². The molecule has 0 radical (unpaired) electrons. The van der Waals surface area contributed by atoms with Gasteiger partial charge in [-0.05, 0) is 30.2 Å². The summed E-state index contributed by atoms with van der Waals surface area (Å²) in [4.78, 5) is 0. The molecule has 0 bridgehead atoms. The highest BCUT2D eigenvalue weighted by atomic mass is 16.5. The zero-order chi connectivity index (χ0) is 10.1. The maximum atomic E-state index is 5.09. The monoisotopic (exact) mass is 192 g/mol. The van der Waals surface area contributed by atoms with E-state index in [1.54, 1.807) is 7.11 Å². The van der Waals surface area contributed by atoms with Crippen molar-refractivity contribution < 1.29 is 4.74 Å². The molecule has 76 valence electrons. The zero-order valence-electron chi connectivity index (χ0n) is 8.95. The first-order valence-corrected chi connectivity index (χ1v) is 5.14. The van der Waals surface area contributed by atoms with E-state index in [0.717, 1.165) is 5.69 Å². The van der Waals surface area contributed by atoms with Crippen LogP contribution in [0.2, 0.25) is 0 Å². The van der Waals surface area contributed by atoms with E-state index in [4.69, 9.17) is 4.74 Å². The number of ether oxygens (including phenoxy) is 1. The van der Waals surface area contributed by atoms with Gasteiger partial charge in [-0.25, -0.2) is 0 Å². The summed E-state index contributed by atoms with van der Waals surface area (Å²) in [6.07, 6.45) is 2.57. The van der Waals surface area contributed by atoms with Gasteiger partial charge in [0.15, 0.2) is 0 Å². The minimum Gasteiger partial charge on any atom is -0.480 e. The van der Waals surface area contributed by atoms with Crippen molar-refractivity contribution in [2.24, 2.45) is 0 Å². The van der Waals surface area contributed by atoms with Crippen LogP contribution in [0.15, 0.2) is 6.07 Å². The van der Waals surface area contributed by atoms with Crippen molar-refractivity contribution in [3.8, 4) is 5.88 Å². The number of hydrogen-bond acceptors (Lipinski definition) is 3. The summed E-state index contributed by atoms with van der Waals surface area (Å²) in [5, 5.41) is 8.25. The van der Waals surface area contributed by atoms with Crippen LogP contribution in [-0.4, -0.2) is 17.3 Å². The lowest BCUT2D eigenvalue weighted by atomic mass is 10.0. The van der Waals surface area contributed by atoms with Gasteiger partial charge in [-0.3, -0.25) is 0 Å². The van der Waals surface area contributed by atoms with E-state index in [-0.39, 0.29) is 0 Å². The first-order valence-electron chi connectivity index (χ1n) is 5.14. The quantitative estimate of drug-likeness (QED) is 0.738. The molecule has 0 unspecified atom stereocenters. The van der Waals surface area contributed by atoms with E-state index in [2.05, 4.69) is 24.0 Å². The molecule has 3 nitrogen and oxygen atoms in total. The molecular formula is C11H16N2O. The SMILES string of the molecule is COc1cc(C2CC2)c(C(C)C)nn1. The van der Waals surface area contributed by atoms with Crippen LogP contribution in [0.1, 0.15) is 49.8 Å². The molecule has 0 aliphatic heterocycles. The predicted molar refractivity (Wildman–Crippen MR) is 54.6 cm³/mol. The molecule has 1 aliphatic rings. The molecule has 1 aromatic heterocycles. The van der Waals surface area contributed by atoms with Crippen molar-refractivity contribution in [1.29, 1.82) is 0 Å². The fraction of sp³-hybridized carbons (Fsp3) is 0.636. The van der Waals surface area contributed by atoms with Crippen LogP contribution in [0.5, 0.6) is 5.88 Å². The van der Waals surface area contributed by atoms with Gasteiger partial charge in [0.05, 0.1) is 12.8 Å². The van der Waals surface area contributed by atoms with Crippen LogP contribution in [0.25, 0.3) is 0 Å². The number of aromatic nitrogens is 2. The summed E-state index contributed by atoms with van der Waals surface area (Å²) < 4.78 is 5.09. The molecule has 0 N–H and O–H groups in total. The van der Waals surface area contributed by atoms with Crippen molar-refractivity contribution in [3.05, 3.63) is 17.3 Å². The largest absolute Gasteiger partial charge is 0.480 e. The lowest BCUT2D eigenvalue weighted by Gasteiger charge is -2.10. The first kappa shape index (κ1) is 9.44. The molecule has 0 saturated heterocycles. The van der Waals surface area contributed by atoms with E-state index in [1.807, 2.05) is 6.07 Å². The van der Waals surface area contributed by atoms with Gasteiger partial charge >= 0.3 is 0 Å². The van der Waals surface area contributed by atoms with E-state index >= 15 is 0 Å². The van der Waals surface area contributed by atoms with Crippen LogP contribution in [-0.2, 0) is 0 Å². The Labute approximate surface area is 84.5 Å². The third-order valence-electron chi connectivity index (χ3n) is 2.60. The number of rotatable bonds is 3. The Morgan fingerprint density at radius 2 is 2.07 bits per heavy atom. The molecule has 0 spiro atoms. The van der Waals surface area contributed by atoms with Crippen molar-refractivity contribution in [2.75, 3.05) is 7.11 Å². The highest BCUT2D eigenvalue weighted by Gasteiger charge is 2.28. The van der Waals surface area contributed by atoms with E-state index < -0.39 is 0 Å². The Morgan fingerprint density at radius 3 is 2.57 bits per heavy atom. The summed E-state index contributed by atoms with van der Waals surface area (Å²) in [6.45, 7) is 4.31. The molecule has 0 amide bonds. The van der Waals surface area contributed by atoms with Gasteiger partial charge in [0.1, 0.15) is 0 Å². The summed E-state index contributed by atoms with van der Waals surface area (Å²) in [5.74, 6) is 1.79. The summed E-state index contributed by atoms with van der Waals surface area (Å²) in [5.41, 5.74) is 2.47. The second-order valence-electron chi connectivity index (χ2n) is 4.16. The predicted octanol–water partition coefficient (Wildman–Crippen LogP) is 2.49. The molecule has 0 atom stereocenters. The Morgan fingerprint density at radius 1 is 1.36 bits per heavy atom. The number of hydrogen-bond donors (Lipinski definition) is 0. The summed E-state index contributed by atoms with van der Waals surface area (Å²) >= 11 is 0. The standard InChI is InChI=1S/C11H16N2O/c1-7(2)11-9(8-4-5-8)6-10(14-3)12-13-11/h6-8H,4-5H2,1-3H3. The molecule has 0 aromatic carbocycles. The Kier molecular flexibility index (Phi) is 2.40. The molecule has 1 aromatic rings. The van der Waals surface area contributed by atoms with Crippen molar-refractivity contribution >= 4 is 0 Å². The average molecular weight is 192 g/mol. The summed E-state index contributed by atoms with van der Waals surface area (Å²) in [7, 11) is 1.63. The second kappa shape index (κ2) is 3.56. The number of nitrogens with zero attached hydrogens (tertiary/aromatic N) is 2. The highest BCUT2D eigenvalue weighted by molar-refractivity contribution is 5.32. The molecule has 1 fully saturated rings.